The smallest absolute Gasteiger partial charge is 0.416 e. The van der Waals surface area contributed by atoms with Gasteiger partial charge in [-0.3, -0.25) is 14.7 Å². The van der Waals surface area contributed by atoms with Gasteiger partial charge in [-0.15, -0.1) is 0 Å². The minimum Gasteiger partial charge on any atom is -0.459 e. The van der Waals surface area contributed by atoms with Crippen molar-refractivity contribution in [1.82, 2.24) is 15.5 Å². The van der Waals surface area contributed by atoms with Gasteiger partial charge in [0.15, 0.2) is 5.96 Å². The highest BCUT2D eigenvalue weighted by molar-refractivity contribution is 5.84. The van der Waals surface area contributed by atoms with Gasteiger partial charge < -0.3 is 15.4 Å². The van der Waals surface area contributed by atoms with Crippen molar-refractivity contribution in [3.63, 3.8) is 0 Å². The highest BCUT2D eigenvalue weighted by Gasteiger charge is 2.30. The Balaban J connectivity index is 1.78. The number of benzene rings is 1. The molecule has 0 saturated carbocycles. The van der Waals surface area contributed by atoms with Gasteiger partial charge in [0.25, 0.3) is 0 Å². The molecule has 1 saturated heterocycles. The van der Waals surface area contributed by atoms with E-state index in [1.807, 2.05) is 20.8 Å². The second-order valence-electron chi connectivity index (χ2n) is 8.41. The van der Waals surface area contributed by atoms with Gasteiger partial charge in [0, 0.05) is 32.7 Å². The van der Waals surface area contributed by atoms with E-state index < -0.39 is 17.3 Å². The van der Waals surface area contributed by atoms with Crippen LogP contribution in [0.5, 0.6) is 0 Å². The van der Waals surface area contributed by atoms with Crippen LogP contribution in [0.2, 0.25) is 0 Å². The lowest BCUT2D eigenvalue weighted by molar-refractivity contribution is -0.153. The maximum absolute atomic E-state index is 12.9. The van der Waals surface area contributed by atoms with E-state index in [0.29, 0.717) is 18.1 Å². The Labute approximate surface area is 175 Å². The fraction of sp³-hybridized carbons (Fsp3) is 0.619. The zero-order valence-electron chi connectivity index (χ0n) is 18.0. The molecular formula is C21H31F3N4O2. The van der Waals surface area contributed by atoms with E-state index in [1.54, 1.807) is 13.1 Å². The number of hydrogen-bond acceptors (Lipinski definition) is 4. The van der Waals surface area contributed by atoms with Crippen molar-refractivity contribution in [2.24, 2.45) is 4.99 Å². The van der Waals surface area contributed by atoms with Crippen LogP contribution in [0.1, 0.15) is 44.7 Å². The van der Waals surface area contributed by atoms with Crippen LogP contribution in [-0.4, -0.2) is 55.2 Å². The molecule has 1 aromatic rings. The van der Waals surface area contributed by atoms with Gasteiger partial charge in [0.05, 0.1) is 5.56 Å². The van der Waals surface area contributed by atoms with E-state index in [1.165, 1.54) is 12.1 Å². The van der Waals surface area contributed by atoms with Crippen LogP contribution in [0.3, 0.4) is 0 Å². The molecule has 9 heteroatoms. The first-order valence-electron chi connectivity index (χ1n) is 10.0. The third kappa shape index (κ3) is 8.22. The number of likely N-dealkylation sites (tertiary alicyclic amines) is 1. The molecule has 6 nitrogen and oxygen atoms in total. The lowest BCUT2D eigenvalue weighted by Gasteiger charge is -2.33. The summed E-state index contributed by atoms with van der Waals surface area (Å²) in [7, 11) is 1.63. The number of hydrogen-bond donors (Lipinski definition) is 2. The Morgan fingerprint density at radius 2 is 1.90 bits per heavy atom. The van der Waals surface area contributed by atoms with Crippen LogP contribution in [0.25, 0.3) is 0 Å². The number of aliphatic imine (C=N–C) groups is 1. The maximum atomic E-state index is 12.9. The fourth-order valence-corrected chi connectivity index (χ4v) is 3.26. The summed E-state index contributed by atoms with van der Waals surface area (Å²) in [6.45, 7) is 7.46. The SMILES string of the molecule is CN=C(NCC(=O)OC(C)(C)C)NC1CCN(Cc2cccc(C(F)(F)F)c2)CC1. The van der Waals surface area contributed by atoms with Gasteiger partial charge in [-0.05, 0) is 45.2 Å². The number of nitrogens with one attached hydrogen (secondary N) is 2. The van der Waals surface area contributed by atoms with Crippen LogP contribution < -0.4 is 10.6 Å². The average molecular weight is 428 g/mol. The minimum atomic E-state index is -4.32. The Morgan fingerprint density at radius 3 is 2.47 bits per heavy atom. The lowest BCUT2D eigenvalue weighted by atomic mass is 10.0. The number of guanidine groups is 1. The van der Waals surface area contributed by atoms with Crippen LogP contribution in [-0.2, 0) is 22.3 Å². The number of nitrogens with zero attached hydrogens (tertiary/aromatic N) is 2. The molecule has 2 N–H and O–H groups in total. The molecule has 0 atom stereocenters. The van der Waals surface area contributed by atoms with Gasteiger partial charge in [-0.1, -0.05) is 18.2 Å². The molecule has 1 aliphatic heterocycles. The molecule has 0 bridgehead atoms. The largest absolute Gasteiger partial charge is 0.459 e. The number of ether oxygens (including phenoxy) is 1. The summed E-state index contributed by atoms with van der Waals surface area (Å²) < 4.78 is 43.9. The Kier molecular flexibility index (Phi) is 8.11. The molecule has 168 valence electrons. The molecular weight excluding hydrogens is 397 g/mol. The zero-order valence-corrected chi connectivity index (χ0v) is 18.0. The van der Waals surface area contributed by atoms with Crippen LogP contribution in [0.15, 0.2) is 29.3 Å². The first-order chi connectivity index (χ1) is 14.0. The third-order valence-corrected chi connectivity index (χ3v) is 4.63. The number of halogens is 3. The van der Waals surface area contributed by atoms with Crippen LogP contribution >= 0.6 is 0 Å². The monoisotopic (exact) mass is 428 g/mol. The molecule has 30 heavy (non-hydrogen) atoms. The number of piperidine rings is 1. The third-order valence-electron chi connectivity index (χ3n) is 4.63. The van der Waals surface area contributed by atoms with Gasteiger partial charge in [-0.2, -0.15) is 13.2 Å². The number of alkyl halides is 3. The van der Waals surface area contributed by atoms with Crippen molar-refractivity contribution in [2.75, 3.05) is 26.7 Å². The van der Waals surface area contributed by atoms with Crippen LogP contribution in [0, 0.1) is 0 Å². The molecule has 0 spiro atoms. The number of esters is 1. The van der Waals surface area contributed by atoms with Crippen molar-refractivity contribution >= 4 is 11.9 Å². The predicted octanol–water partition coefficient (Wildman–Crippen LogP) is 3.18. The van der Waals surface area contributed by atoms with Crippen molar-refractivity contribution in [3.05, 3.63) is 35.4 Å². The Morgan fingerprint density at radius 1 is 1.23 bits per heavy atom. The molecule has 1 fully saturated rings. The fourth-order valence-electron chi connectivity index (χ4n) is 3.26. The van der Waals surface area contributed by atoms with Crippen molar-refractivity contribution in [3.8, 4) is 0 Å². The molecule has 0 amide bonds. The van der Waals surface area contributed by atoms with Crippen molar-refractivity contribution < 1.29 is 22.7 Å². The second kappa shape index (κ2) is 10.1. The summed E-state index contributed by atoms with van der Waals surface area (Å²) in [5.74, 6) is 0.165. The normalized spacial score (nSPS) is 17.0. The average Bonchev–Trinajstić information content (AvgIpc) is 2.64. The first kappa shape index (κ1) is 24.0. The van der Waals surface area contributed by atoms with E-state index in [4.69, 9.17) is 4.74 Å². The van der Waals surface area contributed by atoms with Crippen molar-refractivity contribution in [2.45, 2.75) is 58.0 Å². The zero-order chi connectivity index (χ0) is 22.4. The van der Waals surface area contributed by atoms with Gasteiger partial charge in [0.2, 0.25) is 0 Å². The number of carbonyl (C=O) groups is 1. The summed E-state index contributed by atoms with van der Waals surface area (Å²) in [5.41, 5.74) is -0.496. The quantitative estimate of drug-likeness (QED) is 0.429. The summed E-state index contributed by atoms with van der Waals surface area (Å²) in [6.07, 6.45) is -2.67. The molecule has 0 unspecified atom stereocenters. The number of rotatable bonds is 5. The molecule has 1 heterocycles. The summed E-state index contributed by atoms with van der Waals surface area (Å²) in [4.78, 5) is 18.1. The van der Waals surface area contributed by atoms with Gasteiger partial charge >= 0.3 is 12.1 Å². The molecule has 2 rings (SSSR count). The van der Waals surface area contributed by atoms with Crippen molar-refractivity contribution in [1.29, 1.82) is 0 Å². The minimum absolute atomic E-state index is 0.0192. The maximum Gasteiger partial charge on any atom is 0.416 e. The van der Waals surface area contributed by atoms with E-state index in [-0.39, 0.29) is 18.6 Å². The van der Waals surface area contributed by atoms with E-state index in [0.717, 1.165) is 32.0 Å². The molecule has 1 aromatic carbocycles. The highest BCUT2D eigenvalue weighted by atomic mass is 19.4. The lowest BCUT2D eigenvalue weighted by Crippen LogP contribution is -2.49. The van der Waals surface area contributed by atoms with Gasteiger partial charge in [0.1, 0.15) is 12.1 Å². The topological polar surface area (TPSA) is 66.0 Å². The van der Waals surface area contributed by atoms with E-state index >= 15 is 0 Å². The standard InChI is InChI=1S/C21H31F3N4O2/c1-20(2,3)30-18(29)13-26-19(25-4)27-17-8-10-28(11-9-17)14-15-6-5-7-16(12-15)21(22,23)24/h5-7,12,17H,8-11,13-14H2,1-4H3,(H2,25,26,27). The second-order valence-corrected chi connectivity index (χ2v) is 8.41. The summed E-state index contributed by atoms with van der Waals surface area (Å²) in [6, 6.07) is 5.66. The molecule has 0 aliphatic carbocycles. The molecule has 0 radical (unpaired) electrons. The van der Waals surface area contributed by atoms with E-state index in [9.17, 15) is 18.0 Å². The first-order valence-corrected chi connectivity index (χ1v) is 10.0. The summed E-state index contributed by atoms with van der Waals surface area (Å²) in [5, 5.41) is 6.25. The van der Waals surface area contributed by atoms with Gasteiger partial charge in [-0.25, -0.2) is 0 Å². The van der Waals surface area contributed by atoms with Crippen LogP contribution in [0.4, 0.5) is 13.2 Å². The number of carbonyl (C=O) groups excluding carboxylic acids is 1. The Bertz CT molecular complexity index is 737. The van der Waals surface area contributed by atoms with E-state index in [2.05, 4.69) is 20.5 Å². The molecule has 0 aromatic heterocycles. The molecule has 1 aliphatic rings. The predicted molar refractivity (Wildman–Crippen MR) is 110 cm³/mol. The highest BCUT2D eigenvalue weighted by Crippen LogP contribution is 2.30. The Hall–Kier alpha value is -2.29. The summed E-state index contributed by atoms with van der Waals surface area (Å²) >= 11 is 0.